The minimum absolute atomic E-state index is 0.0315. The number of aryl methyl sites for hydroxylation is 2. The van der Waals surface area contributed by atoms with E-state index < -0.39 is 23.9 Å². The molecule has 10 heteroatoms. The summed E-state index contributed by atoms with van der Waals surface area (Å²) in [6.45, 7) is 4.51. The fourth-order valence-electron chi connectivity index (χ4n) is 9.28. The van der Waals surface area contributed by atoms with Crippen LogP contribution in [-0.4, -0.2) is 23.9 Å². The predicted molar refractivity (Wildman–Crippen MR) is 315 cm³/mol. The van der Waals surface area contributed by atoms with Crippen molar-refractivity contribution in [1.82, 2.24) is 0 Å². The van der Waals surface area contributed by atoms with Crippen LogP contribution in [-0.2, 0) is 12.8 Å². The van der Waals surface area contributed by atoms with E-state index in [2.05, 4.69) is 62.4 Å². The Bertz CT molecular complexity index is 2820. The van der Waals surface area contributed by atoms with E-state index in [0.717, 1.165) is 35.1 Å². The molecule has 0 heterocycles. The van der Waals surface area contributed by atoms with E-state index in [1.807, 2.05) is 24.3 Å². The molecular formula is C68H72Cl2O8. The lowest BCUT2D eigenvalue weighted by Gasteiger charge is -2.11. The molecule has 0 fully saturated rings. The summed E-state index contributed by atoms with van der Waals surface area (Å²) in [5.41, 5.74) is 7.62. The SMILES string of the molecule is CCCCCCCCCCCc1ccc(-c2ccc(C(=O)Oc3ccc(C(=O)Oc4cccc(OC(=O)c5ccc(OC(=O)c6ccc(-c7ccc(CCCCCCCCCCC)cc7)cc6)c(Cl)c5)c4)cc3Cl)cc2)cc1. The first-order chi connectivity index (χ1) is 38.1. The van der Waals surface area contributed by atoms with Crippen molar-refractivity contribution in [2.45, 2.75) is 142 Å². The second-order valence-corrected chi connectivity index (χ2v) is 20.8. The maximum Gasteiger partial charge on any atom is 0.343 e. The predicted octanol–water partition coefficient (Wildman–Crippen LogP) is 19.4. The van der Waals surface area contributed by atoms with Crippen LogP contribution in [0, 0.1) is 0 Å². The zero-order chi connectivity index (χ0) is 54.9. The number of hydrogen-bond acceptors (Lipinski definition) is 8. The van der Waals surface area contributed by atoms with Crippen molar-refractivity contribution >= 4 is 47.1 Å². The summed E-state index contributed by atoms with van der Waals surface area (Å²) >= 11 is 13.0. The van der Waals surface area contributed by atoms with E-state index in [4.69, 9.17) is 42.1 Å². The molecule has 0 aliphatic carbocycles. The van der Waals surface area contributed by atoms with Gasteiger partial charge in [0.1, 0.15) is 23.0 Å². The van der Waals surface area contributed by atoms with Crippen molar-refractivity contribution in [3.8, 4) is 45.3 Å². The summed E-state index contributed by atoms with van der Waals surface area (Å²) < 4.78 is 22.4. The Morgan fingerprint density at radius 2 is 0.615 bits per heavy atom. The average Bonchev–Trinajstić information content (AvgIpc) is 3.45. The average molecular weight is 1090 g/mol. The first kappa shape index (κ1) is 58.7. The highest BCUT2D eigenvalue weighted by Crippen LogP contribution is 2.31. The largest absolute Gasteiger partial charge is 0.423 e. The van der Waals surface area contributed by atoms with E-state index in [-0.39, 0.29) is 44.2 Å². The van der Waals surface area contributed by atoms with Crippen molar-refractivity contribution in [2.75, 3.05) is 0 Å². The highest BCUT2D eigenvalue weighted by molar-refractivity contribution is 6.33. The molecule has 0 bridgehead atoms. The van der Waals surface area contributed by atoms with E-state index in [0.29, 0.717) is 11.1 Å². The summed E-state index contributed by atoms with van der Waals surface area (Å²) in [6.07, 6.45) is 25.8. The Kier molecular flexibility index (Phi) is 23.6. The number of ether oxygens (including phenoxy) is 4. The molecule has 0 spiro atoms. The topological polar surface area (TPSA) is 105 Å². The first-order valence-electron chi connectivity index (χ1n) is 28.0. The molecule has 0 amide bonds. The number of benzene rings is 7. The third-order valence-electron chi connectivity index (χ3n) is 13.9. The monoisotopic (exact) mass is 1090 g/mol. The van der Waals surface area contributed by atoms with Crippen LogP contribution < -0.4 is 18.9 Å². The van der Waals surface area contributed by atoms with Crippen molar-refractivity contribution in [3.63, 3.8) is 0 Å². The molecule has 0 saturated carbocycles. The number of esters is 4. The Morgan fingerprint density at radius 1 is 0.321 bits per heavy atom. The smallest absolute Gasteiger partial charge is 0.343 e. The van der Waals surface area contributed by atoms with Gasteiger partial charge in [0.2, 0.25) is 0 Å². The lowest BCUT2D eigenvalue weighted by Crippen LogP contribution is -2.12. The second-order valence-electron chi connectivity index (χ2n) is 20.0. The van der Waals surface area contributed by atoms with Gasteiger partial charge < -0.3 is 18.9 Å². The van der Waals surface area contributed by atoms with Crippen molar-refractivity contribution in [1.29, 1.82) is 0 Å². The van der Waals surface area contributed by atoms with Crippen LogP contribution in [0.1, 0.15) is 182 Å². The van der Waals surface area contributed by atoms with E-state index in [9.17, 15) is 19.2 Å². The normalized spacial score (nSPS) is 11.0. The Labute approximate surface area is 471 Å². The van der Waals surface area contributed by atoms with Crippen LogP contribution >= 0.6 is 23.2 Å². The van der Waals surface area contributed by atoms with Gasteiger partial charge in [-0.3, -0.25) is 0 Å². The summed E-state index contributed by atoms with van der Waals surface area (Å²) in [7, 11) is 0. The zero-order valence-electron chi connectivity index (χ0n) is 45.2. The van der Waals surface area contributed by atoms with Gasteiger partial charge >= 0.3 is 23.9 Å². The second kappa shape index (κ2) is 31.4. The molecule has 0 N–H and O–H groups in total. The lowest BCUT2D eigenvalue weighted by atomic mass is 10.00. The maximum absolute atomic E-state index is 13.2. The Hall–Kier alpha value is -7.00. The number of hydrogen-bond donors (Lipinski definition) is 0. The van der Waals surface area contributed by atoms with Gasteiger partial charge in [-0.1, -0.05) is 219 Å². The molecule has 406 valence electrons. The van der Waals surface area contributed by atoms with Gasteiger partial charge in [-0.25, -0.2) is 19.2 Å². The molecule has 7 aromatic carbocycles. The molecule has 0 radical (unpaired) electrons. The van der Waals surface area contributed by atoms with Crippen LogP contribution in [0.4, 0.5) is 0 Å². The van der Waals surface area contributed by atoms with Crippen molar-refractivity contribution in [3.05, 3.63) is 201 Å². The Morgan fingerprint density at radius 3 is 0.949 bits per heavy atom. The molecule has 7 aromatic rings. The number of unbranched alkanes of at least 4 members (excludes halogenated alkanes) is 16. The summed E-state index contributed by atoms with van der Waals surface area (Å²) in [6, 6.07) is 45.9. The summed E-state index contributed by atoms with van der Waals surface area (Å²) in [4.78, 5) is 52.7. The van der Waals surface area contributed by atoms with Crippen LogP contribution in [0.2, 0.25) is 10.0 Å². The number of halogens is 2. The van der Waals surface area contributed by atoms with Crippen LogP contribution in [0.3, 0.4) is 0 Å². The maximum atomic E-state index is 13.2. The summed E-state index contributed by atoms with van der Waals surface area (Å²) in [5, 5.41) is 0.0630. The van der Waals surface area contributed by atoms with Gasteiger partial charge in [-0.15, -0.1) is 0 Å². The number of carbonyl (C=O) groups excluding carboxylic acids is 4. The van der Waals surface area contributed by atoms with Gasteiger partial charge in [0, 0.05) is 6.07 Å². The van der Waals surface area contributed by atoms with Gasteiger partial charge in [0.15, 0.2) is 0 Å². The van der Waals surface area contributed by atoms with Crippen molar-refractivity contribution < 1.29 is 38.1 Å². The van der Waals surface area contributed by atoms with E-state index >= 15 is 0 Å². The van der Waals surface area contributed by atoms with E-state index in [1.54, 1.807) is 30.3 Å². The molecule has 8 nitrogen and oxygen atoms in total. The van der Waals surface area contributed by atoms with E-state index in [1.165, 1.54) is 181 Å². The molecule has 0 aliphatic rings. The van der Waals surface area contributed by atoms with Gasteiger partial charge in [-0.2, -0.15) is 0 Å². The molecular weight excluding hydrogens is 1020 g/mol. The molecule has 0 atom stereocenters. The fourth-order valence-corrected chi connectivity index (χ4v) is 9.71. The van der Waals surface area contributed by atoms with Crippen LogP contribution in [0.15, 0.2) is 158 Å². The molecule has 0 aromatic heterocycles. The molecule has 78 heavy (non-hydrogen) atoms. The van der Waals surface area contributed by atoms with Gasteiger partial charge in [-0.05, 0) is 132 Å². The first-order valence-corrected chi connectivity index (χ1v) is 28.8. The minimum atomic E-state index is -0.748. The lowest BCUT2D eigenvalue weighted by molar-refractivity contribution is 0.0723. The Balaban J connectivity index is 0.831. The number of carbonyl (C=O) groups is 4. The molecule has 0 aliphatic heterocycles. The fraction of sp³-hybridized carbons (Fsp3) is 0.324. The third kappa shape index (κ3) is 18.6. The van der Waals surface area contributed by atoms with Gasteiger partial charge in [0.05, 0.1) is 32.3 Å². The molecule has 7 rings (SSSR count). The molecule has 0 saturated heterocycles. The van der Waals surface area contributed by atoms with Crippen LogP contribution in [0.5, 0.6) is 23.0 Å². The van der Waals surface area contributed by atoms with Crippen molar-refractivity contribution in [2.24, 2.45) is 0 Å². The minimum Gasteiger partial charge on any atom is -0.423 e. The zero-order valence-corrected chi connectivity index (χ0v) is 46.7. The highest BCUT2D eigenvalue weighted by Gasteiger charge is 2.19. The third-order valence-corrected chi connectivity index (χ3v) is 14.5. The highest BCUT2D eigenvalue weighted by atomic mass is 35.5. The van der Waals surface area contributed by atoms with Gasteiger partial charge in [0.25, 0.3) is 0 Å². The quantitative estimate of drug-likeness (QED) is 0.0249. The number of rotatable bonds is 30. The molecule has 0 unspecified atom stereocenters. The summed E-state index contributed by atoms with van der Waals surface area (Å²) in [5.74, 6) is -2.36. The van der Waals surface area contributed by atoms with Crippen LogP contribution in [0.25, 0.3) is 22.3 Å². The standard InChI is InChI=1S/C68H72Cl2O8/c1-3-5-7-9-11-13-15-17-19-22-49-26-30-51(31-27-49)53-34-38-55(39-35-53)65(71)77-63-44-42-57(46-61(63)69)67(73)75-59-24-21-25-60(48-59)76-68(74)58-43-45-64(62(70)47-58)78-66(72)56-40-36-54(37-41-56)52-32-28-50(29-33-52)23-20-18-16-14-12-10-8-6-4-2/h21,24-48H,3-20,22-23H2,1-2H3.